The minimum absolute atomic E-state index is 0.444. The fraction of sp³-hybridized carbons (Fsp3) is 0.300. The van der Waals surface area contributed by atoms with E-state index in [0.29, 0.717) is 17.3 Å². The lowest BCUT2D eigenvalue weighted by Gasteiger charge is -2.09. The molecule has 5 N–H and O–H groups in total. The van der Waals surface area contributed by atoms with E-state index in [0.717, 1.165) is 18.5 Å². The zero-order valence-electron chi connectivity index (χ0n) is 7.79. The molecule has 0 heterocycles. The zero-order chi connectivity index (χ0) is 10.1. The highest BCUT2D eigenvalue weighted by Gasteiger charge is 2.22. The van der Waals surface area contributed by atoms with Gasteiger partial charge in [-0.15, -0.1) is 0 Å². The summed E-state index contributed by atoms with van der Waals surface area (Å²) in [4.78, 5) is 11.1. The van der Waals surface area contributed by atoms with Crippen LogP contribution in [-0.4, -0.2) is 11.9 Å². The van der Waals surface area contributed by atoms with Gasteiger partial charge in [-0.05, 0) is 31.0 Å². The van der Waals surface area contributed by atoms with Crippen molar-refractivity contribution in [1.82, 2.24) is 0 Å². The van der Waals surface area contributed by atoms with E-state index in [4.69, 9.17) is 11.5 Å². The van der Waals surface area contributed by atoms with Crippen molar-refractivity contribution in [2.24, 2.45) is 5.73 Å². The highest BCUT2D eigenvalue weighted by atomic mass is 16.1. The van der Waals surface area contributed by atoms with E-state index in [1.54, 1.807) is 18.2 Å². The summed E-state index contributed by atoms with van der Waals surface area (Å²) in [5, 5.41) is 3.24. The van der Waals surface area contributed by atoms with Gasteiger partial charge in [0, 0.05) is 17.4 Å². The molecule has 0 unspecified atom stereocenters. The Kier molecular flexibility index (Phi) is 2.04. The van der Waals surface area contributed by atoms with Crippen LogP contribution in [0.2, 0.25) is 0 Å². The third-order valence-electron chi connectivity index (χ3n) is 2.25. The van der Waals surface area contributed by atoms with Crippen LogP contribution in [0.1, 0.15) is 23.2 Å². The lowest BCUT2D eigenvalue weighted by Crippen LogP contribution is -2.15. The summed E-state index contributed by atoms with van der Waals surface area (Å²) >= 11 is 0. The molecule has 1 aliphatic carbocycles. The third-order valence-corrected chi connectivity index (χ3v) is 2.25. The van der Waals surface area contributed by atoms with Gasteiger partial charge in [0.05, 0.1) is 5.56 Å². The van der Waals surface area contributed by atoms with Crippen LogP contribution in [0.25, 0.3) is 0 Å². The quantitative estimate of drug-likeness (QED) is 0.622. The molecule has 1 aromatic rings. The number of nitrogen functional groups attached to an aromatic ring is 1. The van der Waals surface area contributed by atoms with E-state index in [2.05, 4.69) is 5.32 Å². The van der Waals surface area contributed by atoms with Crippen LogP contribution < -0.4 is 16.8 Å². The monoisotopic (exact) mass is 191 g/mol. The van der Waals surface area contributed by atoms with Crippen LogP contribution in [0.3, 0.4) is 0 Å². The van der Waals surface area contributed by atoms with E-state index < -0.39 is 5.91 Å². The third kappa shape index (κ3) is 1.79. The minimum Gasteiger partial charge on any atom is -0.399 e. The fourth-order valence-corrected chi connectivity index (χ4v) is 1.34. The molecule has 14 heavy (non-hydrogen) atoms. The van der Waals surface area contributed by atoms with Gasteiger partial charge in [0.2, 0.25) is 0 Å². The Morgan fingerprint density at radius 1 is 1.43 bits per heavy atom. The molecule has 4 heteroatoms. The van der Waals surface area contributed by atoms with Crippen molar-refractivity contribution in [2.75, 3.05) is 11.1 Å². The van der Waals surface area contributed by atoms with Crippen molar-refractivity contribution in [1.29, 1.82) is 0 Å². The average molecular weight is 191 g/mol. The normalized spacial score (nSPS) is 15.1. The second-order valence-corrected chi connectivity index (χ2v) is 3.59. The number of anilines is 2. The van der Waals surface area contributed by atoms with Crippen LogP contribution in [-0.2, 0) is 0 Å². The van der Waals surface area contributed by atoms with Crippen LogP contribution in [0.15, 0.2) is 18.2 Å². The number of nitrogens with one attached hydrogen (secondary N) is 1. The number of rotatable bonds is 3. The van der Waals surface area contributed by atoms with Gasteiger partial charge >= 0.3 is 0 Å². The van der Waals surface area contributed by atoms with Gasteiger partial charge < -0.3 is 16.8 Å². The molecule has 74 valence electrons. The maximum absolute atomic E-state index is 11.1. The molecule has 0 aliphatic heterocycles. The van der Waals surface area contributed by atoms with Gasteiger partial charge in [-0.25, -0.2) is 0 Å². The van der Waals surface area contributed by atoms with Crippen molar-refractivity contribution in [3.8, 4) is 0 Å². The van der Waals surface area contributed by atoms with E-state index >= 15 is 0 Å². The lowest BCUT2D eigenvalue weighted by atomic mass is 10.1. The number of amides is 1. The first-order valence-electron chi connectivity index (χ1n) is 4.62. The molecular formula is C10H13N3O. The number of primary amides is 1. The predicted octanol–water partition coefficient (Wildman–Crippen LogP) is 0.942. The number of benzene rings is 1. The molecule has 0 bridgehead atoms. The molecule has 0 atom stereocenters. The average Bonchev–Trinajstić information content (AvgIpc) is 2.91. The number of hydrogen-bond donors (Lipinski definition) is 3. The Morgan fingerprint density at radius 3 is 2.71 bits per heavy atom. The van der Waals surface area contributed by atoms with Crippen molar-refractivity contribution in [2.45, 2.75) is 18.9 Å². The maximum Gasteiger partial charge on any atom is 0.250 e. The Hall–Kier alpha value is -1.71. The van der Waals surface area contributed by atoms with Crippen LogP contribution >= 0.6 is 0 Å². The van der Waals surface area contributed by atoms with Gasteiger partial charge in [0.1, 0.15) is 0 Å². The molecule has 2 rings (SSSR count). The molecular weight excluding hydrogens is 178 g/mol. The van der Waals surface area contributed by atoms with E-state index in [9.17, 15) is 4.79 Å². The molecule has 1 aromatic carbocycles. The van der Waals surface area contributed by atoms with Crippen molar-refractivity contribution >= 4 is 17.3 Å². The van der Waals surface area contributed by atoms with Gasteiger partial charge in [0.25, 0.3) is 5.91 Å². The molecule has 0 radical (unpaired) electrons. The van der Waals surface area contributed by atoms with E-state index in [1.165, 1.54) is 0 Å². The van der Waals surface area contributed by atoms with Gasteiger partial charge in [0.15, 0.2) is 0 Å². The highest BCUT2D eigenvalue weighted by molar-refractivity contribution is 5.99. The maximum atomic E-state index is 11.1. The summed E-state index contributed by atoms with van der Waals surface area (Å²) in [7, 11) is 0. The molecule has 0 spiro atoms. The van der Waals surface area contributed by atoms with Crippen molar-refractivity contribution < 1.29 is 4.79 Å². The van der Waals surface area contributed by atoms with E-state index in [-0.39, 0.29) is 0 Å². The molecule has 4 nitrogen and oxygen atoms in total. The predicted molar refractivity (Wildman–Crippen MR) is 56.0 cm³/mol. The first-order valence-corrected chi connectivity index (χ1v) is 4.62. The summed E-state index contributed by atoms with van der Waals surface area (Å²) < 4.78 is 0. The summed E-state index contributed by atoms with van der Waals surface area (Å²) in [5.41, 5.74) is 12.6. The van der Waals surface area contributed by atoms with Gasteiger partial charge in [-0.2, -0.15) is 0 Å². The standard InChI is InChI=1S/C10H13N3O/c11-6-1-4-9(13-7-2-3-7)8(5-6)10(12)14/h1,4-5,7,13H,2-3,11H2,(H2,12,14). The smallest absolute Gasteiger partial charge is 0.250 e. The largest absolute Gasteiger partial charge is 0.399 e. The SMILES string of the molecule is NC(=O)c1cc(N)ccc1NC1CC1. The van der Waals surface area contributed by atoms with Crippen LogP contribution in [0, 0.1) is 0 Å². The number of carbonyl (C=O) groups excluding carboxylic acids is 1. The molecule has 1 fully saturated rings. The second-order valence-electron chi connectivity index (χ2n) is 3.59. The van der Waals surface area contributed by atoms with Gasteiger partial charge in [-0.3, -0.25) is 4.79 Å². The summed E-state index contributed by atoms with van der Waals surface area (Å²) in [6.45, 7) is 0. The minimum atomic E-state index is -0.444. The fourth-order valence-electron chi connectivity index (χ4n) is 1.34. The molecule has 1 saturated carbocycles. The van der Waals surface area contributed by atoms with Crippen LogP contribution in [0.5, 0.6) is 0 Å². The number of hydrogen-bond acceptors (Lipinski definition) is 3. The Bertz CT molecular complexity index is 372. The summed E-state index contributed by atoms with van der Waals surface area (Å²) in [5.74, 6) is -0.444. The van der Waals surface area contributed by atoms with E-state index in [1.807, 2.05) is 0 Å². The summed E-state index contributed by atoms with van der Waals surface area (Å²) in [6, 6.07) is 5.66. The molecule has 0 aromatic heterocycles. The molecule has 1 amide bonds. The Labute approximate surface area is 82.3 Å². The van der Waals surface area contributed by atoms with Crippen molar-refractivity contribution in [3.63, 3.8) is 0 Å². The molecule has 0 saturated heterocycles. The Balaban J connectivity index is 2.31. The zero-order valence-corrected chi connectivity index (χ0v) is 7.79. The second kappa shape index (κ2) is 3.21. The highest BCUT2D eigenvalue weighted by Crippen LogP contribution is 2.27. The first kappa shape index (κ1) is 8.87. The van der Waals surface area contributed by atoms with Gasteiger partial charge in [-0.1, -0.05) is 0 Å². The topological polar surface area (TPSA) is 81.1 Å². The molecule has 1 aliphatic rings. The first-order chi connectivity index (χ1) is 6.66. The summed E-state index contributed by atoms with van der Waals surface area (Å²) in [6.07, 6.45) is 2.31. The number of nitrogens with two attached hydrogens (primary N) is 2. The lowest BCUT2D eigenvalue weighted by molar-refractivity contribution is 0.100. The van der Waals surface area contributed by atoms with Crippen LogP contribution in [0.4, 0.5) is 11.4 Å². The Morgan fingerprint density at radius 2 is 2.14 bits per heavy atom. The van der Waals surface area contributed by atoms with Crippen molar-refractivity contribution in [3.05, 3.63) is 23.8 Å². The number of carbonyl (C=O) groups is 1.